The van der Waals surface area contributed by atoms with Gasteiger partial charge in [0.15, 0.2) is 11.8 Å². The standard InChI is InChI=1S/C15H17N5/c1-9-5-3-4-6-10(9)12-8-7-11-13(16)20(2)15(17)19-14(11)18-12/h3-8,13H,16H2,1-2H3,(H2,17,18,19). The van der Waals surface area contributed by atoms with Crippen molar-refractivity contribution in [3.8, 4) is 11.3 Å². The van der Waals surface area contributed by atoms with Crippen molar-refractivity contribution in [3.63, 3.8) is 0 Å². The lowest BCUT2D eigenvalue weighted by atomic mass is 10.0. The van der Waals surface area contributed by atoms with E-state index in [1.807, 2.05) is 37.4 Å². The lowest BCUT2D eigenvalue weighted by molar-refractivity contribution is 0.374. The van der Waals surface area contributed by atoms with Gasteiger partial charge < -0.3 is 16.4 Å². The number of aliphatic imine (C=N–C) groups is 1. The van der Waals surface area contributed by atoms with Gasteiger partial charge in [0.1, 0.15) is 6.17 Å². The molecule has 1 atom stereocenters. The van der Waals surface area contributed by atoms with E-state index in [2.05, 4.69) is 23.0 Å². The van der Waals surface area contributed by atoms with E-state index in [1.165, 1.54) is 5.56 Å². The molecule has 0 radical (unpaired) electrons. The van der Waals surface area contributed by atoms with Crippen molar-refractivity contribution in [3.05, 3.63) is 47.5 Å². The number of rotatable bonds is 1. The number of aryl methyl sites for hydroxylation is 1. The second-order valence-electron chi connectivity index (χ2n) is 4.95. The van der Waals surface area contributed by atoms with E-state index >= 15 is 0 Å². The highest BCUT2D eigenvalue weighted by Gasteiger charge is 2.24. The number of nitrogens with two attached hydrogens (primary N) is 2. The molecule has 1 aromatic heterocycles. The van der Waals surface area contributed by atoms with E-state index in [0.717, 1.165) is 16.8 Å². The van der Waals surface area contributed by atoms with E-state index < -0.39 is 0 Å². The number of hydrogen-bond acceptors (Lipinski definition) is 5. The molecule has 5 nitrogen and oxygen atoms in total. The van der Waals surface area contributed by atoms with Crippen LogP contribution in [0.4, 0.5) is 5.82 Å². The van der Waals surface area contributed by atoms with E-state index in [0.29, 0.717) is 11.8 Å². The average molecular weight is 267 g/mol. The third kappa shape index (κ3) is 1.92. The summed E-state index contributed by atoms with van der Waals surface area (Å²) in [6.45, 7) is 2.06. The Balaban J connectivity index is 2.13. The fourth-order valence-electron chi connectivity index (χ4n) is 2.33. The highest BCUT2D eigenvalue weighted by molar-refractivity contribution is 5.83. The molecular weight excluding hydrogens is 250 g/mol. The zero-order chi connectivity index (χ0) is 14.3. The summed E-state index contributed by atoms with van der Waals surface area (Å²) in [5.41, 5.74) is 16.0. The maximum Gasteiger partial charge on any atom is 0.199 e. The number of benzene rings is 1. The van der Waals surface area contributed by atoms with Crippen molar-refractivity contribution in [2.75, 3.05) is 7.05 Å². The quantitative estimate of drug-likeness (QED) is 0.827. The predicted octanol–water partition coefficient (Wildman–Crippen LogP) is 1.91. The Morgan fingerprint density at radius 1 is 1.15 bits per heavy atom. The van der Waals surface area contributed by atoms with Crippen molar-refractivity contribution in [1.82, 2.24) is 9.88 Å². The fourth-order valence-corrected chi connectivity index (χ4v) is 2.33. The summed E-state index contributed by atoms with van der Waals surface area (Å²) in [6, 6.07) is 12.1. The summed E-state index contributed by atoms with van der Waals surface area (Å²) >= 11 is 0. The smallest absolute Gasteiger partial charge is 0.199 e. The van der Waals surface area contributed by atoms with Gasteiger partial charge in [0.2, 0.25) is 0 Å². The van der Waals surface area contributed by atoms with Crippen LogP contribution in [0.25, 0.3) is 11.3 Å². The number of fused-ring (bicyclic) bond motifs is 1. The lowest BCUT2D eigenvalue weighted by Crippen LogP contribution is -2.43. The van der Waals surface area contributed by atoms with Gasteiger partial charge in [-0.1, -0.05) is 24.3 Å². The van der Waals surface area contributed by atoms with Crippen molar-refractivity contribution in [1.29, 1.82) is 0 Å². The molecule has 20 heavy (non-hydrogen) atoms. The molecule has 1 unspecified atom stereocenters. The van der Waals surface area contributed by atoms with Crippen LogP contribution in [-0.2, 0) is 0 Å². The molecule has 0 aliphatic carbocycles. The Labute approximate surface area is 117 Å². The van der Waals surface area contributed by atoms with Crippen LogP contribution in [-0.4, -0.2) is 22.9 Å². The van der Waals surface area contributed by atoms with Gasteiger partial charge in [0, 0.05) is 18.2 Å². The molecule has 2 heterocycles. The summed E-state index contributed by atoms with van der Waals surface area (Å²) < 4.78 is 0. The van der Waals surface area contributed by atoms with Crippen molar-refractivity contribution < 1.29 is 0 Å². The summed E-state index contributed by atoms with van der Waals surface area (Å²) in [4.78, 5) is 10.7. The molecule has 3 rings (SSSR count). The molecule has 1 aromatic carbocycles. The summed E-state index contributed by atoms with van der Waals surface area (Å²) in [5, 5.41) is 0. The average Bonchev–Trinajstić information content (AvgIpc) is 2.45. The summed E-state index contributed by atoms with van der Waals surface area (Å²) in [5.74, 6) is 0.994. The molecule has 5 heteroatoms. The van der Waals surface area contributed by atoms with E-state index in [9.17, 15) is 0 Å². The van der Waals surface area contributed by atoms with E-state index in [-0.39, 0.29) is 6.17 Å². The molecule has 2 aromatic rings. The minimum Gasteiger partial charge on any atom is -0.369 e. The largest absolute Gasteiger partial charge is 0.369 e. The number of nitrogens with zero attached hydrogens (tertiary/aromatic N) is 3. The Kier molecular flexibility index (Phi) is 2.91. The third-order valence-electron chi connectivity index (χ3n) is 3.64. The molecule has 4 N–H and O–H groups in total. The van der Waals surface area contributed by atoms with E-state index in [4.69, 9.17) is 11.5 Å². The first kappa shape index (κ1) is 12.6. The monoisotopic (exact) mass is 267 g/mol. The first-order chi connectivity index (χ1) is 9.58. The van der Waals surface area contributed by atoms with Gasteiger partial charge in [-0.25, -0.2) is 4.98 Å². The minimum absolute atomic E-state index is 0.305. The Bertz CT molecular complexity index is 692. The van der Waals surface area contributed by atoms with Crippen LogP contribution in [0.2, 0.25) is 0 Å². The molecule has 0 saturated heterocycles. The molecule has 0 saturated carbocycles. The first-order valence-corrected chi connectivity index (χ1v) is 6.47. The van der Waals surface area contributed by atoms with Crippen LogP contribution < -0.4 is 11.5 Å². The van der Waals surface area contributed by atoms with E-state index in [1.54, 1.807) is 4.90 Å². The topological polar surface area (TPSA) is 80.5 Å². The zero-order valence-corrected chi connectivity index (χ0v) is 11.5. The van der Waals surface area contributed by atoms with Crippen LogP contribution in [0.15, 0.2) is 41.4 Å². The Morgan fingerprint density at radius 2 is 1.90 bits per heavy atom. The molecule has 1 aliphatic rings. The van der Waals surface area contributed by atoms with Crippen LogP contribution in [0, 0.1) is 6.92 Å². The van der Waals surface area contributed by atoms with Crippen LogP contribution in [0.1, 0.15) is 17.3 Å². The molecule has 0 bridgehead atoms. The molecule has 102 valence electrons. The highest BCUT2D eigenvalue weighted by Crippen LogP contribution is 2.31. The summed E-state index contributed by atoms with van der Waals surface area (Å²) in [7, 11) is 1.82. The SMILES string of the molecule is Cc1ccccc1-c1ccc2c(n1)N=C(N)N(C)C2N. The van der Waals surface area contributed by atoms with Crippen molar-refractivity contribution in [2.24, 2.45) is 16.5 Å². The number of hydrogen-bond donors (Lipinski definition) is 2. The fraction of sp³-hybridized carbons (Fsp3) is 0.200. The van der Waals surface area contributed by atoms with Gasteiger partial charge in [-0.05, 0) is 24.6 Å². The van der Waals surface area contributed by atoms with Crippen LogP contribution in [0.5, 0.6) is 0 Å². The minimum atomic E-state index is -0.305. The highest BCUT2D eigenvalue weighted by atomic mass is 15.3. The third-order valence-corrected chi connectivity index (χ3v) is 3.64. The maximum atomic E-state index is 6.12. The maximum absolute atomic E-state index is 6.12. The normalized spacial score (nSPS) is 17.6. The first-order valence-electron chi connectivity index (χ1n) is 6.47. The lowest BCUT2D eigenvalue weighted by Gasteiger charge is -2.30. The zero-order valence-electron chi connectivity index (χ0n) is 11.5. The van der Waals surface area contributed by atoms with Gasteiger partial charge in [-0.15, -0.1) is 0 Å². The molecule has 0 fully saturated rings. The van der Waals surface area contributed by atoms with Crippen molar-refractivity contribution in [2.45, 2.75) is 13.1 Å². The second kappa shape index (κ2) is 4.61. The van der Waals surface area contributed by atoms with Crippen LogP contribution >= 0.6 is 0 Å². The van der Waals surface area contributed by atoms with Gasteiger partial charge >= 0.3 is 0 Å². The number of guanidine groups is 1. The number of pyridine rings is 1. The molecule has 0 amide bonds. The predicted molar refractivity (Wildman–Crippen MR) is 80.4 cm³/mol. The molecule has 1 aliphatic heterocycles. The Morgan fingerprint density at radius 3 is 2.65 bits per heavy atom. The molecule has 0 spiro atoms. The van der Waals surface area contributed by atoms with Gasteiger partial charge in [-0.3, -0.25) is 0 Å². The molecular formula is C15H17N5. The van der Waals surface area contributed by atoms with Crippen molar-refractivity contribution >= 4 is 11.8 Å². The number of aromatic nitrogens is 1. The summed E-state index contributed by atoms with van der Waals surface area (Å²) in [6.07, 6.45) is -0.305. The Hall–Kier alpha value is -2.40. The second-order valence-corrected chi connectivity index (χ2v) is 4.95. The van der Waals surface area contributed by atoms with Crippen LogP contribution in [0.3, 0.4) is 0 Å². The van der Waals surface area contributed by atoms with Gasteiger partial charge in [0.25, 0.3) is 0 Å². The van der Waals surface area contributed by atoms with Gasteiger partial charge in [-0.2, -0.15) is 4.99 Å². The van der Waals surface area contributed by atoms with Gasteiger partial charge in [0.05, 0.1) is 5.69 Å².